The Balaban J connectivity index is 0. The first-order valence-electron chi connectivity index (χ1n) is 23.0. The molecule has 4 N–H and O–H groups in total. The van der Waals surface area contributed by atoms with Crippen molar-refractivity contribution in [1.29, 1.82) is 0 Å². The van der Waals surface area contributed by atoms with Crippen LogP contribution in [0.2, 0.25) is 0 Å². The van der Waals surface area contributed by atoms with Crippen LogP contribution in [0.25, 0.3) is 0 Å². The maximum atomic E-state index is 11.9. The standard InChI is InChI=1S/C44H85N3O2.2CH2O2/c1-6-10-22-31-40(32-23-11-7-2)34-25-19-17-21-27-37-47(38-28-35-46-42-41(45-5)43(48)44(42)49)36-26-20-16-14-15-18-24-33-39(29-12-8-3)30-13-9-4;2*2-1-3/h39-40,45-46H,6-38H2,1-5H3;2*1H,(H,2,3). The molecule has 0 spiro atoms. The molecule has 9 nitrogen and oxygen atoms in total. The fraction of sp³-hybridized carbons (Fsp3) is 0.870. The molecule has 0 radical (unpaired) electrons. The van der Waals surface area contributed by atoms with Gasteiger partial charge in [-0.15, -0.1) is 0 Å². The minimum Gasteiger partial charge on any atom is -0.483 e. The van der Waals surface area contributed by atoms with Crippen molar-refractivity contribution in [3.8, 4) is 0 Å². The van der Waals surface area contributed by atoms with E-state index in [9.17, 15) is 9.59 Å². The third-order valence-corrected chi connectivity index (χ3v) is 11.2. The Morgan fingerprint density at radius 3 is 1.16 bits per heavy atom. The van der Waals surface area contributed by atoms with Crippen molar-refractivity contribution in [3.05, 3.63) is 20.4 Å². The molecular weight excluding hydrogens is 691 g/mol. The Kier molecular flexibility index (Phi) is 42.5. The maximum Gasteiger partial charge on any atom is 0.290 e. The van der Waals surface area contributed by atoms with Gasteiger partial charge in [0, 0.05) is 13.6 Å². The number of unbranched alkanes of at least 4 members (excludes halogenated alkanes) is 16. The van der Waals surface area contributed by atoms with E-state index in [0.29, 0.717) is 11.4 Å². The van der Waals surface area contributed by atoms with Crippen molar-refractivity contribution in [3.63, 3.8) is 0 Å². The molecule has 0 saturated carbocycles. The molecule has 1 aromatic rings. The summed E-state index contributed by atoms with van der Waals surface area (Å²) in [5.74, 6) is 1.95. The van der Waals surface area contributed by atoms with Gasteiger partial charge in [-0.1, -0.05) is 195 Å². The summed E-state index contributed by atoms with van der Waals surface area (Å²) in [4.78, 5) is 43.0. The van der Waals surface area contributed by atoms with E-state index in [2.05, 4.69) is 43.2 Å². The van der Waals surface area contributed by atoms with Crippen molar-refractivity contribution < 1.29 is 19.8 Å². The predicted octanol–water partition coefficient (Wildman–Crippen LogP) is 12.1. The summed E-state index contributed by atoms with van der Waals surface area (Å²) in [6.45, 7) is 13.0. The number of anilines is 2. The van der Waals surface area contributed by atoms with Crippen molar-refractivity contribution in [2.45, 2.75) is 214 Å². The molecule has 9 heteroatoms. The Morgan fingerprint density at radius 2 is 0.782 bits per heavy atom. The zero-order valence-electron chi connectivity index (χ0n) is 36.6. The molecule has 1 aromatic carbocycles. The molecule has 0 fully saturated rings. The highest BCUT2D eigenvalue weighted by Gasteiger charge is 2.19. The lowest BCUT2D eigenvalue weighted by Gasteiger charge is -2.23. The van der Waals surface area contributed by atoms with Crippen LogP contribution in [-0.4, -0.2) is 61.3 Å². The second kappa shape index (κ2) is 42.7. The minimum absolute atomic E-state index is 0.250. The van der Waals surface area contributed by atoms with Crippen molar-refractivity contribution in [2.75, 3.05) is 43.9 Å². The van der Waals surface area contributed by atoms with Crippen LogP contribution in [0.4, 0.5) is 11.4 Å². The van der Waals surface area contributed by atoms with E-state index in [4.69, 9.17) is 19.8 Å². The average Bonchev–Trinajstić information content (AvgIpc) is 3.18. The number of nitrogens with zero attached hydrogens (tertiary/aromatic N) is 1. The first kappa shape index (κ1) is 54.7. The van der Waals surface area contributed by atoms with Crippen LogP contribution in [0.1, 0.15) is 214 Å². The van der Waals surface area contributed by atoms with Crippen LogP contribution in [0.5, 0.6) is 0 Å². The fourth-order valence-electron chi connectivity index (χ4n) is 7.82. The zero-order valence-corrected chi connectivity index (χ0v) is 36.6. The predicted molar refractivity (Wildman–Crippen MR) is 237 cm³/mol. The zero-order chi connectivity index (χ0) is 41.2. The summed E-state index contributed by atoms with van der Waals surface area (Å²) >= 11 is 0. The van der Waals surface area contributed by atoms with Gasteiger partial charge >= 0.3 is 0 Å². The van der Waals surface area contributed by atoms with Crippen LogP contribution in [-0.2, 0) is 9.59 Å². The molecule has 324 valence electrons. The quantitative estimate of drug-likeness (QED) is 0.0294. The number of hydrogen-bond acceptors (Lipinski definition) is 7. The number of nitrogens with one attached hydrogen (secondary N) is 2. The fourth-order valence-corrected chi connectivity index (χ4v) is 7.82. The molecule has 0 aromatic heterocycles. The van der Waals surface area contributed by atoms with Gasteiger partial charge in [-0.25, -0.2) is 0 Å². The van der Waals surface area contributed by atoms with Gasteiger partial charge in [0.1, 0.15) is 11.4 Å². The lowest BCUT2D eigenvalue weighted by atomic mass is 9.90. The normalized spacial score (nSPS) is 11.1. The summed E-state index contributed by atoms with van der Waals surface area (Å²) in [5, 5.41) is 19.9. The lowest BCUT2D eigenvalue weighted by Crippen LogP contribution is -2.37. The molecule has 1 rings (SSSR count). The summed E-state index contributed by atoms with van der Waals surface area (Å²) in [6, 6.07) is 0. The van der Waals surface area contributed by atoms with Gasteiger partial charge in [0.15, 0.2) is 0 Å². The molecular formula is C46H89N3O6. The van der Waals surface area contributed by atoms with Gasteiger partial charge in [-0.2, -0.15) is 0 Å². The van der Waals surface area contributed by atoms with Crippen LogP contribution in [0.3, 0.4) is 0 Å². The number of carboxylic acid groups (broad SMARTS) is 2. The Hall–Kier alpha value is -2.42. The molecule has 55 heavy (non-hydrogen) atoms. The van der Waals surface area contributed by atoms with E-state index >= 15 is 0 Å². The molecule has 0 heterocycles. The van der Waals surface area contributed by atoms with Gasteiger partial charge < -0.3 is 25.7 Å². The smallest absolute Gasteiger partial charge is 0.290 e. The Bertz CT molecular complexity index is 1000. The molecule has 0 unspecified atom stereocenters. The van der Waals surface area contributed by atoms with Crippen LogP contribution in [0.15, 0.2) is 9.59 Å². The van der Waals surface area contributed by atoms with Crippen LogP contribution < -0.4 is 21.5 Å². The maximum absolute atomic E-state index is 11.9. The summed E-state index contributed by atoms with van der Waals surface area (Å²) < 4.78 is 0. The Morgan fingerprint density at radius 1 is 0.473 bits per heavy atom. The highest BCUT2D eigenvalue weighted by molar-refractivity contribution is 5.73. The Labute approximate surface area is 338 Å². The number of rotatable bonds is 38. The number of hydrogen-bond donors (Lipinski definition) is 4. The largest absolute Gasteiger partial charge is 0.483 e. The highest BCUT2D eigenvalue weighted by atomic mass is 16.3. The van der Waals surface area contributed by atoms with Gasteiger partial charge in [-0.3, -0.25) is 19.2 Å². The molecule has 0 saturated heterocycles. The molecule has 0 atom stereocenters. The van der Waals surface area contributed by atoms with Crippen molar-refractivity contribution in [2.24, 2.45) is 11.8 Å². The average molecular weight is 780 g/mol. The molecule has 0 aliphatic heterocycles. The van der Waals surface area contributed by atoms with Crippen molar-refractivity contribution in [1.82, 2.24) is 4.90 Å². The monoisotopic (exact) mass is 780 g/mol. The van der Waals surface area contributed by atoms with E-state index < -0.39 is 5.43 Å². The topological polar surface area (TPSA) is 136 Å². The third kappa shape index (κ3) is 32.4. The van der Waals surface area contributed by atoms with Crippen LogP contribution in [0, 0.1) is 11.8 Å². The van der Waals surface area contributed by atoms with Gasteiger partial charge in [0.2, 0.25) is 0 Å². The SMILES string of the molecule is CCCCCC(CCCCC)CCCCCCCN(CCCCCCCCCC(CCCC)CCCC)CCCNc1c(NC)c(=O)c1=O.O=CO.O=CO. The molecule has 0 bridgehead atoms. The molecule has 0 aliphatic carbocycles. The highest BCUT2D eigenvalue weighted by Crippen LogP contribution is 2.25. The number of carbonyl (C=O) groups is 2. The second-order valence-corrected chi connectivity index (χ2v) is 15.8. The van der Waals surface area contributed by atoms with E-state index in [-0.39, 0.29) is 18.4 Å². The van der Waals surface area contributed by atoms with Gasteiger partial charge in [0.05, 0.1) is 0 Å². The lowest BCUT2D eigenvalue weighted by molar-refractivity contribution is -0.123. The van der Waals surface area contributed by atoms with E-state index in [1.54, 1.807) is 7.05 Å². The summed E-state index contributed by atoms with van der Waals surface area (Å²) in [5.41, 5.74) is 0.165. The third-order valence-electron chi connectivity index (χ3n) is 11.2. The molecule has 0 aliphatic rings. The minimum atomic E-state index is -0.390. The first-order chi connectivity index (χ1) is 26.8. The van der Waals surface area contributed by atoms with E-state index in [1.165, 1.54) is 193 Å². The molecule has 0 amide bonds. The van der Waals surface area contributed by atoms with Gasteiger partial charge in [0.25, 0.3) is 23.8 Å². The van der Waals surface area contributed by atoms with Gasteiger partial charge in [-0.05, 0) is 50.7 Å². The summed E-state index contributed by atoms with van der Waals surface area (Å²) in [6.07, 6.45) is 40.1. The second-order valence-electron chi connectivity index (χ2n) is 15.8. The first-order valence-corrected chi connectivity index (χ1v) is 23.0. The summed E-state index contributed by atoms with van der Waals surface area (Å²) in [7, 11) is 1.71. The van der Waals surface area contributed by atoms with E-state index in [1.807, 2.05) is 0 Å². The van der Waals surface area contributed by atoms with E-state index in [0.717, 1.165) is 31.3 Å². The van der Waals surface area contributed by atoms with Crippen molar-refractivity contribution >= 4 is 24.3 Å². The van der Waals surface area contributed by atoms with Crippen LogP contribution >= 0.6 is 0 Å².